The van der Waals surface area contributed by atoms with Crippen LogP contribution in [0.2, 0.25) is 0 Å². The smallest absolute Gasteiger partial charge is 0.329 e. The number of aromatic amines is 1. The minimum Gasteiger partial charge on any atom is -0.460 e. The standard InChI is InChI=1S/C28H39FN4O5/c1-17(2)26-19(4)9-10-25(35)30-11-5-7-18(3)13-21(34)14-20(29)15-24-31-16-22(32-24)27(36)33-12-6-8-23(33)28(37)38-26/h5,7,9-10,13,16-17,19-21,23,26,34H,6,8,11-12,14-15H2,1-4H3,(H,30,35)(H,31,32)/b7-5?,10-9+,18-13?/t19-,20-,21-,23-,26-/m1/s1. The normalized spacial score (nSPS) is 29.4. The number of amides is 2. The van der Waals surface area contributed by atoms with Crippen LogP contribution in [0, 0.1) is 11.8 Å². The molecule has 2 aliphatic rings. The molecule has 3 N–H and O–H groups in total. The number of imidazole rings is 1. The van der Waals surface area contributed by atoms with Crippen LogP contribution in [0.5, 0.6) is 0 Å². The zero-order valence-corrected chi connectivity index (χ0v) is 22.5. The van der Waals surface area contributed by atoms with Gasteiger partial charge in [0.1, 0.15) is 29.8 Å². The van der Waals surface area contributed by atoms with E-state index in [0.717, 1.165) is 5.57 Å². The van der Waals surface area contributed by atoms with Crippen LogP contribution in [0.25, 0.3) is 0 Å². The lowest BCUT2D eigenvalue weighted by Crippen LogP contribution is -2.44. The first kappa shape index (κ1) is 29.3. The highest BCUT2D eigenvalue weighted by molar-refractivity contribution is 5.95. The summed E-state index contributed by atoms with van der Waals surface area (Å²) in [4.78, 5) is 47.1. The van der Waals surface area contributed by atoms with Crippen LogP contribution in [0.1, 0.15) is 63.3 Å². The van der Waals surface area contributed by atoms with Crippen molar-refractivity contribution < 1.29 is 28.6 Å². The number of cyclic esters (lactones) is 1. The van der Waals surface area contributed by atoms with Gasteiger partial charge in [-0.1, -0.05) is 50.6 Å². The van der Waals surface area contributed by atoms with Crippen LogP contribution in [-0.4, -0.2) is 75.3 Å². The number of aliphatic hydroxyl groups excluding tert-OH is 1. The van der Waals surface area contributed by atoms with Gasteiger partial charge in [0.15, 0.2) is 0 Å². The van der Waals surface area contributed by atoms with Gasteiger partial charge in [-0.05, 0) is 31.8 Å². The van der Waals surface area contributed by atoms with Crippen LogP contribution in [-0.2, 0) is 20.7 Å². The molecule has 2 aliphatic heterocycles. The maximum absolute atomic E-state index is 14.6. The molecule has 0 unspecified atom stereocenters. The molecule has 0 aromatic carbocycles. The van der Waals surface area contributed by atoms with E-state index in [4.69, 9.17) is 4.74 Å². The molecule has 0 saturated carbocycles. The van der Waals surface area contributed by atoms with Gasteiger partial charge in [0.25, 0.3) is 5.91 Å². The van der Waals surface area contributed by atoms with E-state index in [2.05, 4.69) is 15.3 Å². The quantitative estimate of drug-likeness (QED) is 0.480. The molecule has 10 heteroatoms. The average Bonchev–Trinajstić information content (AvgIpc) is 3.52. The number of hydrogen-bond acceptors (Lipinski definition) is 6. The average molecular weight is 531 g/mol. The topological polar surface area (TPSA) is 125 Å². The highest BCUT2D eigenvalue weighted by atomic mass is 19.1. The van der Waals surface area contributed by atoms with Crippen molar-refractivity contribution in [3.8, 4) is 0 Å². The van der Waals surface area contributed by atoms with Gasteiger partial charge in [0.2, 0.25) is 5.91 Å². The Bertz CT molecular complexity index is 1080. The number of esters is 1. The predicted molar refractivity (Wildman–Crippen MR) is 141 cm³/mol. The summed E-state index contributed by atoms with van der Waals surface area (Å²) < 4.78 is 20.5. The fourth-order valence-corrected chi connectivity index (χ4v) is 4.84. The number of fused-ring (bicyclic) bond motifs is 3. The van der Waals surface area contributed by atoms with Gasteiger partial charge >= 0.3 is 5.97 Å². The molecule has 3 heterocycles. The lowest BCUT2D eigenvalue weighted by molar-refractivity contribution is -0.158. The van der Waals surface area contributed by atoms with Crippen LogP contribution in [0.4, 0.5) is 4.39 Å². The Kier molecular flexibility index (Phi) is 10.4. The number of halogens is 1. The molecule has 0 radical (unpaired) electrons. The number of H-pyrrole nitrogens is 1. The van der Waals surface area contributed by atoms with Gasteiger partial charge in [0.05, 0.1) is 12.3 Å². The number of allylic oxidation sites excluding steroid dienone is 2. The fraction of sp³-hybridized carbons (Fsp3) is 0.571. The Labute approximate surface area is 223 Å². The first-order chi connectivity index (χ1) is 18.0. The Morgan fingerprint density at radius 3 is 2.74 bits per heavy atom. The fourth-order valence-electron chi connectivity index (χ4n) is 4.84. The van der Waals surface area contributed by atoms with E-state index in [1.54, 1.807) is 31.2 Å². The summed E-state index contributed by atoms with van der Waals surface area (Å²) in [5, 5.41) is 13.0. The molecule has 2 bridgehead atoms. The molecule has 3 rings (SSSR count). The van der Waals surface area contributed by atoms with Crippen molar-refractivity contribution in [2.24, 2.45) is 11.8 Å². The second-order valence-corrected chi connectivity index (χ2v) is 10.4. The van der Waals surface area contributed by atoms with Crippen molar-refractivity contribution in [1.29, 1.82) is 0 Å². The highest BCUT2D eigenvalue weighted by Gasteiger charge is 2.38. The SMILES string of the molecule is CC1=C[C@@H](O)C[C@@H](F)Cc2ncc([nH]2)C(=O)N2CCC[C@@H]2C(=O)O[C@H](C(C)C)[C@H](C)/C=C/C(=O)NCC=C1. The van der Waals surface area contributed by atoms with Crippen LogP contribution >= 0.6 is 0 Å². The van der Waals surface area contributed by atoms with Crippen molar-refractivity contribution in [3.05, 3.63) is 53.7 Å². The summed E-state index contributed by atoms with van der Waals surface area (Å²) in [7, 11) is 0. The molecule has 1 aromatic heterocycles. The van der Waals surface area contributed by atoms with Crippen LogP contribution < -0.4 is 5.32 Å². The third-order valence-electron chi connectivity index (χ3n) is 6.77. The zero-order valence-electron chi connectivity index (χ0n) is 22.5. The summed E-state index contributed by atoms with van der Waals surface area (Å²) in [6, 6.07) is -0.734. The second kappa shape index (κ2) is 13.5. The molecule has 0 aliphatic carbocycles. The minimum absolute atomic E-state index is 0.0152. The lowest BCUT2D eigenvalue weighted by atomic mass is 9.94. The van der Waals surface area contributed by atoms with E-state index in [9.17, 15) is 23.9 Å². The van der Waals surface area contributed by atoms with E-state index in [-0.39, 0.29) is 42.8 Å². The number of aromatic nitrogens is 2. The third kappa shape index (κ3) is 8.11. The highest BCUT2D eigenvalue weighted by Crippen LogP contribution is 2.25. The Balaban J connectivity index is 1.85. The summed E-state index contributed by atoms with van der Waals surface area (Å²) in [5.41, 5.74) is 0.906. The number of ether oxygens (including phenoxy) is 1. The largest absolute Gasteiger partial charge is 0.460 e. The number of rotatable bonds is 1. The maximum atomic E-state index is 14.6. The predicted octanol–water partition coefficient (Wildman–Crippen LogP) is 3.04. The molecule has 38 heavy (non-hydrogen) atoms. The number of nitrogens with zero attached hydrogens (tertiary/aromatic N) is 2. The number of hydrogen-bond donors (Lipinski definition) is 3. The molecule has 5 atom stereocenters. The number of nitrogens with one attached hydrogen (secondary N) is 2. The van der Waals surface area contributed by atoms with E-state index in [1.807, 2.05) is 20.8 Å². The van der Waals surface area contributed by atoms with E-state index < -0.39 is 36.3 Å². The number of aliphatic hydroxyl groups is 1. The Hall–Kier alpha value is -3.27. The molecule has 0 spiro atoms. The van der Waals surface area contributed by atoms with Crippen molar-refractivity contribution in [1.82, 2.24) is 20.2 Å². The molecular formula is C28H39FN4O5. The zero-order chi connectivity index (χ0) is 27.8. The van der Waals surface area contributed by atoms with E-state index in [1.165, 1.54) is 17.2 Å². The van der Waals surface area contributed by atoms with Gasteiger partial charge in [-0.25, -0.2) is 14.2 Å². The first-order valence-electron chi connectivity index (χ1n) is 13.2. The first-order valence-corrected chi connectivity index (χ1v) is 13.2. The molecule has 9 nitrogen and oxygen atoms in total. The molecule has 1 fully saturated rings. The second-order valence-electron chi connectivity index (χ2n) is 10.4. The van der Waals surface area contributed by atoms with Crippen molar-refractivity contribution in [2.75, 3.05) is 13.1 Å². The maximum Gasteiger partial charge on any atom is 0.329 e. The summed E-state index contributed by atoms with van der Waals surface area (Å²) in [6.07, 6.45) is 7.56. The van der Waals surface area contributed by atoms with Gasteiger partial charge in [-0.2, -0.15) is 0 Å². The molecular weight excluding hydrogens is 491 g/mol. The van der Waals surface area contributed by atoms with Crippen LogP contribution in [0.15, 0.2) is 42.2 Å². The minimum atomic E-state index is -1.38. The van der Waals surface area contributed by atoms with Crippen molar-refractivity contribution >= 4 is 17.8 Å². The molecule has 1 aromatic rings. The number of carbonyl (C=O) groups is 3. The molecule has 208 valence electrons. The van der Waals surface area contributed by atoms with Gasteiger partial charge < -0.3 is 25.0 Å². The van der Waals surface area contributed by atoms with E-state index >= 15 is 0 Å². The number of carbonyl (C=O) groups excluding carboxylic acids is 3. The molecule has 2 amide bonds. The van der Waals surface area contributed by atoms with Crippen LogP contribution in [0.3, 0.4) is 0 Å². The lowest BCUT2D eigenvalue weighted by Gasteiger charge is -2.29. The van der Waals surface area contributed by atoms with Gasteiger partial charge in [-0.15, -0.1) is 0 Å². The van der Waals surface area contributed by atoms with Gasteiger partial charge in [0, 0.05) is 31.8 Å². The Morgan fingerprint density at radius 1 is 1.24 bits per heavy atom. The molecule has 1 saturated heterocycles. The van der Waals surface area contributed by atoms with Crippen molar-refractivity contribution in [3.63, 3.8) is 0 Å². The Morgan fingerprint density at radius 2 is 2.00 bits per heavy atom. The summed E-state index contributed by atoms with van der Waals surface area (Å²) in [6.45, 7) is 8.21. The third-order valence-corrected chi connectivity index (χ3v) is 6.77. The monoisotopic (exact) mass is 530 g/mol. The van der Waals surface area contributed by atoms with Gasteiger partial charge in [-0.3, -0.25) is 9.59 Å². The van der Waals surface area contributed by atoms with Crippen molar-refractivity contribution in [2.45, 2.75) is 77.8 Å². The number of alkyl halides is 1. The van der Waals surface area contributed by atoms with E-state index in [0.29, 0.717) is 25.2 Å². The summed E-state index contributed by atoms with van der Waals surface area (Å²) >= 11 is 0. The summed E-state index contributed by atoms with van der Waals surface area (Å²) in [5.74, 6) is -1.12.